The molecule has 0 saturated carbocycles. The van der Waals surface area contributed by atoms with Crippen LogP contribution in [0.2, 0.25) is 0 Å². The Kier molecular flexibility index (Phi) is 4.78. The second-order valence-corrected chi connectivity index (χ2v) is 7.31. The minimum absolute atomic E-state index is 0.0558. The normalized spacial score (nSPS) is 13.2. The Bertz CT molecular complexity index is 1020. The molecule has 2 aromatic heterocycles. The van der Waals surface area contributed by atoms with Gasteiger partial charge in [-0.2, -0.15) is 5.26 Å². The highest BCUT2D eigenvalue weighted by Gasteiger charge is 2.23. The predicted octanol–water partition coefficient (Wildman–Crippen LogP) is 4.28. The lowest BCUT2D eigenvalue weighted by Gasteiger charge is -2.13. The highest BCUT2D eigenvalue weighted by Crippen LogP contribution is 2.24. The Hall–Kier alpha value is -3.11. The van der Waals surface area contributed by atoms with E-state index >= 15 is 0 Å². The summed E-state index contributed by atoms with van der Waals surface area (Å²) in [5, 5.41) is 19.9. The minimum Gasteiger partial charge on any atom is -0.507 e. The van der Waals surface area contributed by atoms with Gasteiger partial charge in [-0.25, -0.2) is 9.78 Å². The largest absolute Gasteiger partial charge is 0.507 e. The Morgan fingerprint density at radius 2 is 2.12 bits per heavy atom. The molecule has 0 aliphatic carbocycles. The average molecular weight is 367 g/mol. The second-order valence-electron chi connectivity index (χ2n) is 5.85. The molecule has 0 radical (unpaired) electrons. The number of hydrogen-bond donors (Lipinski definition) is 2. The van der Waals surface area contributed by atoms with E-state index in [0.717, 1.165) is 15.3 Å². The first-order valence-corrected chi connectivity index (χ1v) is 8.78. The quantitative estimate of drug-likeness (QED) is 0.407. The van der Waals surface area contributed by atoms with Gasteiger partial charge in [-0.15, -0.1) is 11.3 Å². The van der Waals surface area contributed by atoms with Crippen molar-refractivity contribution in [3.63, 3.8) is 0 Å². The SMILES string of the molecule is Cc1cc(C(=O)O[C@H](C)/C(O)=C(\C#N)c2nc3ccccc3[nH]2)c(C)s1. The minimum atomic E-state index is -0.982. The number of carbonyl (C=O) groups is 1. The molecule has 3 rings (SSSR count). The summed E-state index contributed by atoms with van der Waals surface area (Å²) in [6, 6.07) is 11.0. The highest BCUT2D eigenvalue weighted by molar-refractivity contribution is 7.12. The number of aliphatic hydroxyl groups excluding tert-OH is 1. The van der Waals surface area contributed by atoms with Crippen LogP contribution in [0.1, 0.15) is 32.9 Å². The third-order valence-corrected chi connectivity index (χ3v) is 4.89. The third kappa shape index (κ3) is 3.32. The van der Waals surface area contributed by atoms with Crippen molar-refractivity contribution in [3.8, 4) is 6.07 Å². The van der Waals surface area contributed by atoms with Crippen molar-refractivity contribution in [2.24, 2.45) is 0 Å². The number of nitriles is 1. The zero-order valence-electron chi connectivity index (χ0n) is 14.5. The van der Waals surface area contributed by atoms with Gasteiger partial charge in [0.2, 0.25) is 0 Å². The van der Waals surface area contributed by atoms with E-state index in [1.54, 1.807) is 12.1 Å². The van der Waals surface area contributed by atoms with Crippen LogP contribution < -0.4 is 0 Å². The van der Waals surface area contributed by atoms with Gasteiger partial charge in [0, 0.05) is 9.75 Å². The van der Waals surface area contributed by atoms with Crippen LogP contribution >= 0.6 is 11.3 Å². The fourth-order valence-corrected chi connectivity index (χ4v) is 3.53. The molecule has 6 nitrogen and oxygen atoms in total. The zero-order chi connectivity index (χ0) is 18.8. The molecule has 0 unspecified atom stereocenters. The van der Waals surface area contributed by atoms with Crippen molar-refractivity contribution in [1.29, 1.82) is 5.26 Å². The van der Waals surface area contributed by atoms with Crippen LogP contribution in [0.4, 0.5) is 0 Å². The summed E-state index contributed by atoms with van der Waals surface area (Å²) in [5.41, 5.74) is 1.84. The number of H-pyrrole nitrogens is 1. The molecule has 2 N–H and O–H groups in total. The molecule has 0 spiro atoms. The number of fused-ring (bicyclic) bond motifs is 1. The Morgan fingerprint density at radius 1 is 1.38 bits per heavy atom. The number of allylic oxidation sites excluding steroid dienone is 1. The smallest absolute Gasteiger partial charge is 0.339 e. The number of imidazole rings is 1. The van der Waals surface area contributed by atoms with E-state index in [-0.39, 0.29) is 17.2 Å². The fourth-order valence-electron chi connectivity index (χ4n) is 2.62. The highest BCUT2D eigenvalue weighted by atomic mass is 32.1. The molecule has 0 fully saturated rings. The topological polar surface area (TPSA) is 99.0 Å². The molecule has 0 aliphatic rings. The molecule has 132 valence electrons. The lowest BCUT2D eigenvalue weighted by molar-refractivity contribution is 0.0334. The van der Waals surface area contributed by atoms with Gasteiger partial charge >= 0.3 is 5.97 Å². The average Bonchev–Trinajstić information content (AvgIpc) is 3.17. The van der Waals surface area contributed by atoms with E-state index in [1.165, 1.54) is 18.3 Å². The van der Waals surface area contributed by atoms with Crippen molar-refractivity contribution in [1.82, 2.24) is 9.97 Å². The molecule has 0 bridgehead atoms. The number of aliphatic hydroxyl groups is 1. The van der Waals surface area contributed by atoms with Crippen molar-refractivity contribution in [2.45, 2.75) is 26.9 Å². The van der Waals surface area contributed by atoms with E-state index in [1.807, 2.05) is 38.1 Å². The van der Waals surface area contributed by atoms with Gasteiger partial charge in [0.15, 0.2) is 17.7 Å². The summed E-state index contributed by atoms with van der Waals surface area (Å²) in [5.74, 6) is -0.644. The van der Waals surface area contributed by atoms with Crippen LogP contribution in [0, 0.1) is 25.2 Å². The number of carbonyl (C=O) groups excluding carboxylic acids is 1. The standard InChI is InChI=1S/C19H17N3O3S/c1-10-8-13(12(3)26-10)19(24)25-11(2)17(23)14(9-20)18-21-15-6-4-5-7-16(15)22-18/h4-8,11,23H,1-3H3,(H,21,22)/b17-14-/t11-/m1/s1. The van der Waals surface area contributed by atoms with Gasteiger partial charge < -0.3 is 14.8 Å². The number of thiophene rings is 1. The number of rotatable bonds is 4. The number of esters is 1. The third-order valence-electron chi connectivity index (χ3n) is 3.92. The van der Waals surface area contributed by atoms with Crippen molar-refractivity contribution < 1.29 is 14.6 Å². The molecule has 1 atom stereocenters. The first kappa shape index (κ1) is 17.7. The van der Waals surface area contributed by atoms with Crippen molar-refractivity contribution >= 4 is 33.9 Å². The lowest BCUT2D eigenvalue weighted by atomic mass is 10.1. The number of aryl methyl sites for hydroxylation is 2. The molecular formula is C19H17N3O3S. The van der Waals surface area contributed by atoms with E-state index in [0.29, 0.717) is 11.1 Å². The molecular weight excluding hydrogens is 350 g/mol. The Labute approximate surface area is 154 Å². The molecule has 0 aliphatic heterocycles. The van der Waals surface area contributed by atoms with Gasteiger partial charge in [-0.3, -0.25) is 0 Å². The molecule has 7 heteroatoms. The van der Waals surface area contributed by atoms with Crippen molar-refractivity contribution in [2.75, 3.05) is 0 Å². The van der Waals surface area contributed by atoms with Gasteiger partial charge in [0.25, 0.3) is 0 Å². The van der Waals surface area contributed by atoms with E-state index < -0.39 is 12.1 Å². The zero-order valence-corrected chi connectivity index (χ0v) is 15.3. The van der Waals surface area contributed by atoms with E-state index in [2.05, 4.69) is 9.97 Å². The van der Waals surface area contributed by atoms with Crippen LogP contribution in [-0.4, -0.2) is 27.1 Å². The van der Waals surface area contributed by atoms with E-state index in [9.17, 15) is 15.2 Å². The summed E-state index contributed by atoms with van der Waals surface area (Å²) >= 11 is 1.50. The van der Waals surface area contributed by atoms with Crippen LogP contribution in [0.3, 0.4) is 0 Å². The summed E-state index contributed by atoms with van der Waals surface area (Å²) < 4.78 is 5.34. The first-order chi connectivity index (χ1) is 12.4. The Morgan fingerprint density at radius 3 is 2.73 bits per heavy atom. The molecule has 3 aromatic rings. The molecule has 0 saturated heterocycles. The first-order valence-electron chi connectivity index (χ1n) is 7.97. The predicted molar refractivity (Wildman–Crippen MR) is 99.9 cm³/mol. The van der Waals surface area contributed by atoms with Crippen LogP contribution in [0.5, 0.6) is 0 Å². The number of benzene rings is 1. The molecule has 2 heterocycles. The fraction of sp³-hybridized carbons (Fsp3) is 0.211. The molecule has 26 heavy (non-hydrogen) atoms. The van der Waals surface area contributed by atoms with Gasteiger partial charge in [-0.05, 0) is 39.0 Å². The number of aromatic nitrogens is 2. The lowest BCUT2D eigenvalue weighted by Crippen LogP contribution is -2.18. The van der Waals surface area contributed by atoms with Gasteiger partial charge in [0.05, 0.1) is 16.6 Å². The number of aromatic amines is 1. The van der Waals surface area contributed by atoms with E-state index in [4.69, 9.17) is 4.74 Å². The number of hydrogen-bond acceptors (Lipinski definition) is 6. The summed E-state index contributed by atoms with van der Waals surface area (Å²) in [6.07, 6.45) is -0.982. The van der Waals surface area contributed by atoms with Crippen LogP contribution in [-0.2, 0) is 4.74 Å². The maximum Gasteiger partial charge on any atom is 0.339 e. The molecule has 1 aromatic carbocycles. The molecule has 0 amide bonds. The van der Waals surface area contributed by atoms with Gasteiger partial charge in [0.1, 0.15) is 11.6 Å². The number of nitrogens with zero attached hydrogens (tertiary/aromatic N) is 2. The summed E-state index contributed by atoms with van der Waals surface area (Å²) in [6.45, 7) is 5.26. The van der Waals surface area contributed by atoms with Crippen LogP contribution in [0.15, 0.2) is 36.1 Å². The van der Waals surface area contributed by atoms with Gasteiger partial charge in [-0.1, -0.05) is 12.1 Å². The maximum absolute atomic E-state index is 12.3. The maximum atomic E-state index is 12.3. The number of ether oxygens (including phenoxy) is 1. The summed E-state index contributed by atoms with van der Waals surface area (Å²) in [7, 11) is 0. The monoisotopic (exact) mass is 367 g/mol. The summed E-state index contributed by atoms with van der Waals surface area (Å²) in [4.78, 5) is 21.5. The van der Waals surface area contributed by atoms with Crippen LogP contribution in [0.25, 0.3) is 16.6 Å². The Balaban J connectivity index is 1.88. The number of para-hydroxylation sites is 2. The van der Waals surface area contributed by atoms with Crippen molar-refractivity contribution in [3.05, 3.63) is 57.2 Å². The number of nitrogens with one attached hydrogen (secondary N) is 1. The second kappa shape index (κ2) is 7.02.